The molecule has 0 unspecified atom stereocenters. The van der Waals surface area contributed by atoms with Crippen LogP contribution in [0.4, 0.5) is 14.5 Å². The summed E-state index contributed by atoms with van der Waals surface area (Å²) in [7, 11) is 2.73. The zero-order chi connectivity index (χ0) is 17.7. The lowest BCUT2D eigenvalue weighted by atomic mass is 10.1. The summed E-state index contributed by atoms with van der Waals surface area (Å²) >= 11 is 6.03. The molecule has 2 aromatic rings. The number of nitrogens with one attached hydrogen (secondary N) is 1. The van der Waals surface area contributed by atoms with Crippen LogP contribution in [0, 0.1) is 0 Å². The highest BCUT2D eigenvalue weighted by atomic mass is 35.5. The molecule has 24 heavy (non-hydrogen) atoms. The molecule has 5 nitrogen and oxygen atoms in total. The van der Waals surface area contributed by atoms with Gasteiger partial charge in [-0.3, -0.25) is 4.79 Å². The minimum absolute atomic E-state index is 0.114. The van der Waals surface area contributed by atoms with Crippen molar-refractivity contribution < 1.29 is 27.8 Å². The van der Waals surface area contributed by atoms with Gasteiger partial charge in [-0.15, -0.1) is 0 Å². The number of alkyl halides is 2. The van der Waals surface area contributed by atoms with Gasteiger partial charge >= 0.3 is 6.61 Å². The molecule has 0 heterocycles. The Balaban J connectivity index is 2.30. The van der Waals surface area contributed by atoms with Gasteiger partial charge in [0, 0.05) is 11.8 Å². The average Bonchev–Trinajstić information content (AvgIpc) is 2.54. The highest BCUT2D eigenvalue weighted by molar-refractivity contribution is 6.34. The number of ether oxygens (including phenoxy) is 3. The van der Waals surface area contributed by atoms with Crippen molar-refractivity contribution in [1.82, 2.24) is 0 Å². The van der Waals surface area contributed by atoms with E-state index in [1.54, 1.807) is 18.2 Å². The van der Waals surface area contributed by atoms with Crippen LogP contribution in [0.25, 0.3) is 0 Å². The lowest BCUT2D eigenvalue weighted by molar-refractivity contribution is -0.0511. The zero-order valence-electron chi connectivity index (χ0n) is 12.8. The molecular formula is C16H14ClF2NO4. The fourth-order valence-electron chi connectivity index (χ4n) is 2.03. The van der Waals surface area contributed by atoms with Crippen molar-refractivity contribution in [2.45, 2.75) is 6.61 Å². The Labute approximate surface area is 142 Å². The molecule has 0 saturated carbocycles. The Morgan fingerprint density at radius 1 is 1.08 bits per heavy atom. The second-order valence-electron chi connectivity index (χ2n) is 4.52. The van der Waals surface area contributed by atoms with Crippen LogP contribution in [-0.4, -0.2) is 26.7 Å². The fraction of sp³-hybridized carbons (Fsp3) is 0.188. The predicted molar refractivity (Wildman–Crippen MR) is 85.6 cm³/mol. The Hall–Kier alpha value is -2.54. The van der Waals surface area contributed by atoms with Crippen molar-refractivity contribution in [2.75, 3.05) is 19.5 Å². The Morgan fingerprint density at radius 3 is 2.42 bits per heavy atom. The molecule has 0 aliphatic heterocycles. The Morgan fingerprint density at radius 2 is 1.79 bits per heavy atom. The van der Waals surface area contributed by atoms with Gasteiger partial charge in [-0.2, -0.15) is 8.78 Å². The average molecular weight is 358 g/mol. The van der Waals surface area contributed by atoms with Crippen molar-refractivity contribution in [3.05, 3.63) is 47.0 Å². The lowest BCUT2D eigenvalue weighted by Gasteiger charge is -2.13. The summed E-state index contributed by atoms with van der Waals surface area (Å²) in [4.78, 5) is 12.4. The van der Waals surface area contributed by atoms with Crippen LogP contribution < -0.4 is 19.5 Å². The van der Waals surface area contributed by atoms with Gasteiger partial charge in [0.1, 0.15) is 11.3 Å². The number of anilines is 1. The summed E-state index contributed by atoms with van der Waals surface area (Å²) in [6.45, 7) is -3.02. The molecule has 0 bridgehead atoms. The molecule has 0 radical (unpaired) electrons. The molecule has 0 aliphatic carbocycles. The number of benzene rings is 2. The molecule has 2 rings (SSSR count). The van der Waals surface area contributed by atoms with E-state index in [9.17, 15) is 13.6 Å². The number of methoxy groups -OCH3 is 2. The second kappa shape index (κ2) is 7.83. The Bertz CT molecular complexity index is 740. The van der Waals surface area contributed by atoms with Crippen LogP contribution in [0.1, 0.15) is 10.4 Å². The van der Waals surface area contributed by atoms with E-state index in [0.717, 1.165) is 0 Å². The van der Waals surface area contributed by atoms with Crippen molar-refractivity contribution in [1.29, 1.82) is 0 Å². The largest absolute Gasteiger partial charge is 0.496 e. The molecule has 1 N–H and O–H groups in total. The third-order valence-electron chi connectivity index (χ3n) is 3.06. The maximum absolute atomic E-state index is 12.4. The van der Waals surface area contributed by atoms with Crippen LogP contribution >= 0.6 is 11.6 Å². The molecule has 128 valence electrons. The third-order valence-corrected chi connectivity index (χ3v) is 3.37. The highest BCUT2D eigenvalue weighted by Crippen LogP contribution is 2.32. The quantitative estimate of drug-likeness (QED) is 0.841. The van der Waals surface area contributed by atoms with Gasteiger partial charge in [0.15, 0.2) is 11.5 Å². The SMILES string of the molecule is COc1ccc(NC(=O)c2c(Cl)cccc2OC)cc1OC(F)F. The van der Waals surface area contributed by atoms with E-state index in [1.165, 1.54) is 32.4 Å². The maximum Gasteiger partial charge on any atom is 0.387 e. The van der Waals surface area contributed by atoms with E-state index in [2.05, 4.69) is 10.1 Å². The zero-order valence-corrected chi connectivity index (χ0v) is 13.6. The Kier molecular flexibility index (Phi) is 5.81. The molecule has 0 spiro atoms. The predicted octanol–water partition coefficient (Wildman–Crippen LogP) is 4.21. The fourth-order valence-corrected chi connectivity index (χ4v) is 2.28. The van der Waals surface area contributed by atoms with Gasteiger partial charge in [-0.1, -0.05) is 17.7 Å². The van der Waals surface area contributed by atoms with Crippen molar-refractivity contribution in [3.63, 3.8) is 0 Å². The number of hydrogen-bond acceptors (Lipinski definition) is 4. The number of hydrogen-bond donors (Lipinski definition) is 1. The number of carbonyl (C=O) groups is 1. The van der Waals surface area contributed by atoms with E-state index < -0.39 is 12.5 Å². The molecule has 0 saturated heterocycles. The first-order valence-corrected chi connectivity index (χ1v) is 7.10. The van der Waals surface area contributed by atoms with Crippen LogP contribution in [0.15, 0.2) is 36.4 Å². The van der Waals surface area contributed by atoms with Gasteiger partial charge in [-0.25, -0.2) is 0 Å². The van der Waals surface area contributed by atoms with Gasteiger partial charge < -0.3 is 19.5 Å². The van der Waals surface area contributed by atoms with Gasteiger partial charge in [0.2, 0.25) is 0 Å². The molecule has 0 fully saturated rings. The van der Waals surface area contributed by atoms with Gasteiger partial charge in [-0.05, 0) is 24.3 Å². The first-order chi connectivity index (χ1) is 11.5. The molecule has 1 amide bonds. The first kappa shape index (κ1) is 17.8. The normalized spacial score (nSPS) is 10.4. The summed E-state index contributed by atoms with van der Waals surface area (Å²) in [5.74, 6) is -0.344. The van der Waals surface area contributed by atoms with E-state index in [0.29, 0.717) is 0 Å². The molecule has 0 aliphatic rings. The van der Waals surface area contributed by atoms with Gasteiger partial charge in [0.25, 0.3) is 5.91 Å². The van der Waals surface area contributed by atoms with E-state index in [-0.39, 0.29) is 33.5 Å². The second-order valence-corrected chi connectivity index (χ2v) is 4.92. The first-order valence-electron chi connectivity index (χ1n) is 6.73. The van der Waals surface area contributed by atoms with Crippen LogP contribution in [-0.2, 0) is 0 Å². The van der Waals surface area contributed by atoms with Crippen molar-refractivity contribution >= 4 is 23.2 Å². The van der Waals surface area contributed by atoms with Crippen LogP contribution in [0.2, 0.25) is 5.02 Å². The van der Waals surface area contributed by atoms with Crippen molar-refractivity contribution in [3.8, 4) is 17.2 Å². The summed E-state index contributed by atoms with van der Waals surface area (Å²) in [6.07, 6.45) is 0. The minimum atomic E-state index is -3.02. The van der Waals surface area contributed by atoms with E-state index in [1.807, 2.05) is 0 Å². The van der Waals surface area contributed by atoms with Crippen LogP contribution in [0.5, 0.6) is 17.2 Å². The number of amides is 1. The summed E-state index contributed by atoms with van der Waals surface area (Å²) in [5.41, 5.74) is 0.368. The summed E-state index contributed by atoms with van der Waals surface area (Å²) in [6, 6.07) is 8.88. The standard InChI is InChI=1S/C16H14ClF2NO4/c1-22-11-7-6-9(8-13(11)24-16(18)19)20-15(21)14-10(17)4-3-5-12(14)23-2/h3-8,16H,1-2H3,(H,20,21). The van der Waals surface area contributed by atoms with Crippen molar-refractivity contribution in [2.24, 2.45) is 0 Å². The number of carbonyl (C=O) groups excluding carboxylic acids is 1. The van der Waals surface area contributed by atoms with E-state index in [4.69, 9.17) is 21.1 Å². The maximum atomic E-state index is 12.4. The molecule has 2 aromatic carbocycles. The third kappa shape index (κ3) is 4.05. The minimum Gasteiger partial charge on any atom is -0.496 e. The summed E-state index contributed by atoms with van der Waals surface area (Å²) in [5, 5.41) is 2.75. The highest BCUT2D eigenvalue weighted by Gasteiger charge is 2.18. The molecular weight excluding hydrogens is 344 g/mol. The lowest BCUT2D eigenvalue weighted by Crippen LogP contribution is -2.14. The molecule has 0 atom stereocenters. The monoisotopic (exact) mass is 357 g/mol. The number of rotatable bonds is 6. The summed E-state index contributed by atoms with van der Waals surface area (Å²) < 4.78 is 39.3. The van der Waals surface area contributed by atoms with E-state index >= 15 is 0 Å². The number of halogens is 3. The topological polar surface area (TPSA) is 56.8 Å². The van der Waals surface area contributed by atoms with Crippen LogP contribution in [0.3, 0.4) is 0 Å². The molecule has 0 aromatic heterocycles. The smallest absolute Gasteiger partial charge is 0.387 e. The van der Waals surface area contributed by atoms with Gasteiger partial charge in [0.05, 0.1) is 19.2 Å². The molecule has 8 heteroatoms.